The first-order valence-electron chi connectivity index (χ1n) is 8.67. The van der Waals surface area contributed by atoms with E-state index in [4.69, 9.17) is 41.3 Å². The first kappa shape index (κ1) is 38.9. The third-order valence-corrected chi connectivity index (χ3v) is 2.76. The fourth-order valence-electron chi connectivity index (χ4n) is 1.29. The van der Waals surface area contributed by atoms with Gasteiger partial charge in [0.15, 0.2) is 0 Å². The zero-order valence-electron chi connectivity index (χ0n) is 18.3. The summed E-state index contributed by atoms with van der Waals surface area (Å²) in [6.07, 6.45) is 2.05. The first-order valence-corrected chi connectivity index (χ1v) is 8.67. The Hall–Kier alpha value is -0.620. The molecule has 0 aromatic heterocycles. The third kappa shape index (κ3) is 38.6. The number of ether oxygens (including phenoxy) is 1. The van der Waals surface area contributed by atoms with Crippen LogP contribution in [-0.4, -0.2) is 82.9 Å². The summed E-state index contributed by atoms with van der Waals surface area (Å²) in [5, 5.41) is 48.9. The fourth-order valence-corrected chi connectivity index (χ4v) is 1.29. The molecule has 12 nitrogen and oxygen atoms in total. The Bertz CT molecular complexity index is 410. The van der Waals surface area contributed by atoms with E-state index in [0.717, 1.165) is 12.8 Å². The van der Waals surface area contributed by atoms with Gasteiger partial charge in [-0.2, -0.15) is 0 Å². The van der Waals surface area contributed by atoms with E-state index < -0.39 is 18.2 Å². The second kappa shape index (κ2) is 32.1. The predicted octanol–water partition coefficient (Wildman–Crippen LogP) is -0.985. The van der Waals surface area contributed by atoms with E-state index in [0.29, 0.717) is 13.0 Å². The van der Waals surface area contributed by atoms with E-state index in [-0.39, 0.29) is 70.9 Å². The van der Waals surface area contributed by atoms with Crippen LogP contribution < -0.4 is 29.6 Å². The van der Waals surface area contributed by atoms with E-state index in [2.05, 4.69) is 27.0 Å². The number of nitrogens with zero attached hydrogens (tertiary/aromatic N) is 6. The van der Waals surface area contributed by atoms with Crippen molar-refractivity contribution in [2.75, 3.05) is 33.0 Å². The van der Waals surface area contributed by atoms with Crippen molar-refractivity contribution >= 4 is 0 Å². The summed E-state index contributed by atoms with van der Waals surface area (Å²) >= 11 is 0. The zero-order chi connectivity index (χ0) is 21.5. The average Bonchev–Trinajstić information content (AvgIpc) is 2.63. The molecule has 0 aromatic rings. The molecule has 0 aliphatic rings. The molecule has 0 saturated heterocycles. The standard InChI is InChI=1S/C7H15N3O3.C5H12O.C3H7N3O2.CH4.Na.H/c1-6(12)2-3-13-5-7(4-11)9-10-8;1-3-4-5(2)6;4-6-5-3(1-7)2-8;;;/h6-7,11-12H,2-5H2,1H3;5-6H,3-4H2,1-2H3;3,7-8H,1-2H2;1H4;;/q;;;;+1;-1/t;5-;;;;/m.1..../s1. The van der Waals surface area contributed by atoms with Gasteiger partial charge in [-0.3, -0.25) is 0 Å². The van der Waals surface area contributed by atoms with Crippen LogP contribution in [0.5, 0.6) is 0 Å². The Kier molecular flexibility index (Phi) is 43.0. The van der Waals surface area contributed by atoms with Crippen LogP contribution >= 0.6 is 0 Å². The van der Waals surface area contributed by atoms with Gasteiger partial charge in [0.05, 0.1) is 50.7 Å². The maximum absolute atomic E-state index is 8.87. The fraction of sp³-hybridized carbons (Fsp3) is 1.00. The van der Waals surface area contributed by atoms with Crippen molar-refractivity contribution in [1.29, 1.82) is 0 Å². The Morgan fingerprint density at radius 3 is 1.55 bits per heavy atom. The molecule has 5 N–H and O–H groups in total. The number of aliphatic hydroxyl groups excluding tert-OH is 5. The van der Waals surface area contributed by atoms with Crippen molar-refractivity contribution in [3.8, 4) is 0 Å². The maximum Gasteiger partial charge on any atom is 1.00 e. The quantitative estimate of drug-likeness (QED) is 0.0855. The second-order valence-electron chi connectivity index (χ2n) is 5.62. The van der Waals surface area contributed by atoms with E-state index in [1.165, 1.54) is 0 Å². The second-order valence-corrected chi connectivity index (χ2v) is 5.62. The van der Waals surface area contributed by atoms with Crippen molar-refractivity contribution in [2.24, 2.45) is 10.2 Å². The Labute approximate surface area is 196 Å². The van der Waals surface area contributed by atoms with Crippen molar-refractivity contribution in [2.45, 2.75) is 71.8 Å². The number of hydrogen-bond acceptors (Lipinski definition) is 8. The van der Waals surface area contributed by atoms with Gasteiger partial charge in [-0.15, -0.1) is 0 Å². The molecule has 0 heterocycles. The van der Waals surface area contributed by atoms with Crippen LogP contribution in [0.15, 0.2) is 10.2 Å². The van der Waals surface area contributed by atoms with Crippen LogP contribution in [-0.2, 0) is 4.74 Å². The minimum absolute atomic E-state index is 0. The first-order chi connectivity index (χ1) is 12.8. The summed E-state index contributed by atoms with van der Waals surface area (Å²) in [5.74, 6) is 0. The summed E-state index contributed by atoms with van der Waals surface area (Å²) in [6, 6.07) is -1.21. The molecule has 0 bridgehead atoms. The summed E-state index contributed by atoms with van der Waals surface area (Å²) in [7, 11) is 0. The average molecular weight is 435 g/mol. The number of aliphatic hydroxyl groups is 5. The molecule has 29 heavy (non-hydrogen) atoms. The number of rotatable bonds is 12. The van der Waals surface area contributed by atoms with Crippen LogP contribution in [0.25, 0.3) is 20.9 Å². The molecule has 0 radical (unpaired) electrons. The van der Waals surface area contributed by atoms with Crippen LogP contribution in [0.2, 0.25) is 0 Å². The minimum Gasteiger partial charge on any atom is -1.00 e. The minimum atomic E-state index is -0.681. The molecule has 0 aliphatic carbocycles. The van der Waals surface area contributed by atoms with Crippen LogP contribution in [0.3, 0.4) is 0 Å². The van der Waals surface area contributed by atoms with Crippen molar-refractivity contribution in [1.82, 2.24) is 0 Å². The van der Waals surface area contributed by atoms with Gasteiger partial charge < -0.3 is 31.7 Å². The molecule has 0 saturated carbocycles. The molecule has 3 atom stereocenters. The largest absolute Gasteiger partial charge is 1.00 e. The molecule has 0 spiro atoms. The molecule has 0 aliphatic heterocycles. The summed E-state index contributed by atoms with van der Waals surface area (Å²) in [6.45, 7) is 5.29. The van der Waals surface area contributed by atoms with Crippen molar-refractivity contribution < 1.29 is 61.3 Å². The topological polar surface area (TPSA) is 208 Å². The maximum atomic E-state index is 8.87. The molecule has 170 valence electrons. The van der Waals surface area contributed by atoms with Gasteiger partial charge in [-0.05, 0) is 37.8 Å². The SMILES string of the molecule is C.CC(O)CCOCC(CO)N=[N+]=[N-].CCC[C@@H](C)O.[H-].[N-]=[N+]=NC(CO)CO.[Na+]. The van der Waals surface area contributed by atoms with Crippen LogP contribution in [0.1, 0.15) is 48.9 Å². The molecular weight excluding hydrogens is 395 g/mol. The van der Waals surface area contributed by atoms with Crippen LogP contribution in [0.4, 0.5) is 0 Å². The van der Waals surface area contributed by atoms with E-state index in [9.17, 15) is 0 Å². The zero-order valence-corrected chi connectivity index (χ0v) is 19.3. The van der Waals surface area contributed by atoms with Gasteiger partial charge in [-0.1, -0.05) is 31.0 Å². The third-order valence-electron chi connectivity index (χ3n) is 2.76. The van der Waals surface area contributed by atoms with Gasteiger partial charge >= 0.3 is 29.6 Å². The molecule has 0 amide bonds. The van der Waals surface area contributed by atoms with E-state index in [1.807, 2.05) is 6.92 Å². The van der Waals surface area contributed by atoms with Gasteiger partial charge in [0.1, 0.15) is 0 Å². The van der Waals surface area contributed by atoms with Crippen molar-refractivity contribution in [3.63, 3.8) is 0 Å². The number of azide groups is 2. The molecule has 0 rings (SSSR count). The molecule has 0 fully saturated rings. The molecule has 0 aromatic carbocycles. The van der Waals surface area contributed by atoms with Gasteiger partial charge in [0.2, 0.25) is 0 Å². The van der Waals surface area contributed by atoms with Gasteiger partial charge in [-0.25, -0.2) is 0 Å². The smallest absolute Gasteiger partial charge is 1.00 e. The predicted molar refractivity (Wildman–Crippen MR) is 109 cm³/mol. The normalized spacial score (nSPS) is 12.0. The summed E-state index contributed by atoms with van der Waals surface area (Å²) < 4.78 is 5.07. The van der Waals surface area contributed by atoms with Gasteiger partial charge in [0, 0.05) is 16.4 Å². The van der Waals surface area contributed by atoms with Crippen molar-refractivity contribution in [3.05, 3.63) is 20.9 Å². The van der Waals surface area contributed by atoms with Crippen LogP contribution in [0, 0.1) is 0 Å². The van der Waals surface area contributed by atoms with E-state index >= 15 is 0 Å². The Morgan fingerprint density at radius 1 is 0.897 bits per heavy atom. The molecule has 13 heteroatoms. The Balaban J connectivity index is -0.0000000739. The van der Waals surface area contributed by atoms with E-state index in [1.54, 1.807) is 6.92 Å². The summed E-state index contributed by atoms with van der Waals surface area (Å²) in [4.78, 5) is 4.94. The molecule has 2 unspecified atom stereocenters. The number of hydrogen-bond donors (Lipinski definition) is 5. The Morgan fingerprint density at radius 2 is 1.31 bits per heavy atom. The molecular formula is C16H39N6NaO6. The monoisotopic (exact) mass is 434 g/mol. The van der Waals surface area contributed by atoms with Gasteiger partial charge in [0.25, 0.3) is 0 Å². The summed E-state index contributed by atoms with van der Waals surface area (Å²) in [5.41, 5.74) is 15.8.